The Balaban J connectivity index is 0.600. The Labute approximate surface area is 475 Å². The van der Waals surface area contributed by atoms with Crippen LogP contribution in [0, 0.1) is 5.92 Å². The first-order valence-corrected chi connectivity index (χ1v) is 28.8. The summed E-state index contributed by atoms with van der Waals surface area (Å²) in [6, 6.07) is 24.8. The zero-order valence-corrected chi connectivity index (χ0v) is 47.5. The number of fused-ring (bicyclic) bond motifs is 2. The van der Waals surface area contributed by atoms with Gasteiger partial charge in [0.05, 0.1) is 85.0 Å². The molecule has 2 N–H and O–H groups in total. The molecule has 3 fully saturated rings. The molecule has 4 aliphatic heterocycles. The smallest absolute Gasteiger partial charge is 0.255 e. The lowest BCUT2D eigenvalue weighted by Crippen LogP contribution is -2.52. The number of halogens is 1. The van der Waals surface area contributed by atoms with Gasteiger partial charge in [-0.1, -0.05) is 29.8 Å². The normalized spacial score (nSPS) is 20.7. The lowest BCUT2D eigenvalue weighted by Gasteiger charge is -2.42. The van der Waals surface area contributed by atoms with Gasteiger partial charge in [0.1, 0.15) is 6.04 Å². The van der Waals surface area contributed by atoms with E-state index >= 15 is 0 Å². The number of benzene rings is 4. The molecule has 0 bridgehead atoms. The molecule has 0 spiro atoms. The first-order chi connectivity index (χ1) is 38.8. The van der Waals surface area contributed by atoms with Gasteiger partial charge in [-0.2, -0.15) is 0 Å². The van der Waals surface area contributed by atoms with Crippen LogP contribution in [-0.2, 0) is 51.1 Å². The van der Waals surface area contributed by atoms with Crippen LogP contribution in [0.15, 0.2) is 78.9 Å². The van der Waals surface area contributed by atoms with Crippen molar-refractivity contribution in [3.05, 3.63) is 112 Å². The van der Waals surface area contributed by atoms with E-state index in [1.54, 1.807) is 25.3 Å². The van der Waals surface area contributed by atoms with Gasteiger partial charge in [0.15, 0.2) is 11.5 Å². The summed E-state index contributed by atoms with van der Waals surface area (Å²) in [6.45, 7) is 13.9. The van der Waals surface area contributed by atoms with Crippen molar-refractivity contribution in [3.63, 3.8) is 0 Å². The molecule has 4 heterocycles. The number of ether oxygens (including phenoxy) is 6. The molecule has 4 aromatic carbocycles. The van der Waals surface area contributed by atoms with Gasteiger partial charge >= 0.3 is 0 Å². The van der Waals surface area contributed by atoms with E-state index in [0.29, 0.717) is 91.5 Å². The van der Waals surface area contributed by atoms with E-state index in [1.165, 1.54) is 30.6 Å². The van der Waals surface area contributed by atoms with Crippen LogP contribution < -0.4 is 29.9 Å². The molecule has 2 atom stereocenters. The molecule has 0 aromatic heterocycles. The van der Waals surface area contributed by atoms with Crippen LogP contribution in [0.2, 0.25) is 5.02 Å². The predicted molar refractivity (Wildman–Crippen MR) is 306 cm³/mol. The van der Waals surface area contributed by atoms with Gasteiger partial charge in [0.25, 0.3) is 5.91 Å². The van der Waals surface area contributed by atoms with Crippen molar-refractivity contribution < 1.29 is 52.4 Å². The Morgan fingerprint density at radius 3 is 2.12 bits per heavy atom. The number of piperidine rings is 1. The molecule has 0 radical (unpaired) electrons. The van der Waals surface area contributed by atoms with Crippen molar-refractivity contribution >= 4 is 58.2 Å². The predicted octanol–water partition coefficient (Wildman–Crippen LogP) is 7.28. The average molecular weight is 1120 g/mol. The summed E-state index contributed by atoms with van der Waals surface area (Å²) >= 11 is 6.34. The van der Waals surface area contributed by atoms with Gasteiger partial charge in [-0.3, -0.25) is 39.1 Å². The van der Waals surface area contributed by atoms with Crippen molar-refractivity contribution in [2.24, 2.45) is 5.92 Å². The Kier molecular flexibility index (Phi) is 20.5. The molecule has 4 aromatic rings. The fourth-order valence-electron chi connectivity index (χ4n) is 11.8. The number of carbonyl (C=O) groups is 5. The highest BCUT2D eigenvalue weighted by atomic mass is 35.5. The Morgan fingerprint density at radius 2 is 1.46 bits per heavy atom. The second kappa shape index (κ2) is 28.0. The number of piperazine rings is 1. The third-order valence-corrected chi connectivity index (χ3v) is 16.2. The Hall–Kier alpha value is -6.12. The number of hydrogen-bond acceptors (Lipinski definition) is 14. The maximum atomic E-state index is 14.1. The van der Waals surface area contributed by atoms with Gasteiger partial charge in [-0.05, 0) is 129 Å². The fraction of sp³-hybridized carbons (Fsp3) is 0.525. The molecule has 1 saturated carbocycles. The van der Waals surface area contributed by atoms with E-state index in [4.69, 9.17) is 40.0 Å². The lowest BCUT2D eigenvalue weighted by molar-refractivity contribution is -0.137. The zero-order chi connectivity index (χ0) is 56.1. The van der Waals surface area contributed by atoms with Crippen LogP contribution >= 0.6 is 11.6 Å². The summed E-state index contributed by atoms with van der Waals surface area (Å²) in [5.74, 6) is 0.567. The van der Waals surface area contributed by atoms with E-state index in [0.717, 1.165) is 67.3 Å². The number of hydrogen-bond donors (Lipinski definition) is 2. The minimum atomic E-state index is -0.722. The SMILES string of the molecule is COc1cc2c(cc1OC(C)C)[C@H](c1ccc(Cl)cc1)N(c1ccc(N(C)CC3CCC(N4CCN(CCOCCOCCOCCOCCC(=O)Nc5cccc6c5CN(C5CCC(=O)NC5=O)C6=O)CC4)CC3)cc1)C(=O)C2. The molecule has 9 rings (SSSR count). The highest BCUT2D eigenvalue weighted by molar-refractivity contribution is 6.30. The van der Waals surface area contributed by atoms with Crippen molar-refractivity contribution in [2.75, 3.05) is 121 Å². The highest BCUT2D eigenvalue weighted by Gasteiger charge is 2.41. The molecule has 19 heteroatoms. The van der Waals surface area contributed by atoms with Crippen LogP contribution in [0.25, 0.3) is 0 Å². The van der Waals surface area contributed by atoms with Crippen molar-refractivity contribution in [3.8, 4) is 11.5 Å². The molecule has 430 valence electrons. The number of nitrogens with zero attached hydrogens (tertiary/aromatic N) is 5. The zero-order valence-electron chi connectivity index (χ0n) is 46.8. The maximum Gasteiger partial charge on any atom is 0.255 e. The van der Waals surface area contributed by atoms with Crippen LogP contribution in [0.5, 0.6) is 11.5 Å². The average Bonchev–Trinajstić information content (AvgIpc) is 3.95. The number of anilines is 3. The monoisotopic (exact) mass is 1120 g/mol. The van der Waals surface area contributed by atoms with Crippen LogP contribution in [0.3, 0.4) is 0 Å². The number of carbonyl (C=O) groups excluding carboxylic acids is 5. The van der Waals surface area contributed by atoms with E-state index in [-0.39, 0.29) is 74.6 Å². The number of nitrogens with one attached hydrogen (secondary N) is 2. The molecule has 1 unspecified atom stereocenters. The summed E-state index contributed by atoms with van der Waals surface area (Å²) in [7, 11) is 3.81. The van der Waals surface area contributed by atoms with Gasteiger partial charge in [0.2, 0.25) is 23.6 Å². The molecular formula is C61H78ClN7O11. The standard InChI is InChI=1S/C61H78ClN7O11/c1-41(2)80-55-38-50-44(36-54(55)75-4)37-58(72)69(59(50)43-10-12-45(62)13-11-43)48-18-16-46(17-19-48)65(3)39-42-8-14-47(15-9-42)67-25-23-66(24-26-67)27-29-77-31-33-79-35-34-78-32-30-76-28-22-57(71)63-52-7-5-6-49-51(52)40-68(61(49)74)53-20-21-56(70)64-60(53)73/h5-7,10-13,16-19,36,38,41-42,47,53,59H,8-9,14-15,20-35,37,39-40H2,1-4H3,(H,63,71)(H,64,70,73)/t42?,47?,53?,59-/m0/s1. The topological polar surface area (TPSA) is 181 Å². The molecule has 1 aliphatic carbocycles. The molecule has 18 nitrogen and oxygen atoms in total. The van der Waals surface area contributed by atoms with Gasteiger partial charge in [-0.25, -0.2) is 0 Å². The fourth-order valence-corrected chi connectivity index (χ4v) is 11.9. The largest absolute Gasteiger partial charge is 0.493 e. The molecule has 80 heavy (non-hydrogen) atoms. The van der Waals surface area contributed by atoms with Crippen molar-refractivity contribution in [2.45, 2.75) is 96.0 Å². The summed E-state index contributed by atoms with van der Waals surface area (Å²) in [5.41, 5.74) is 6.50. The maximum absolute atomic E-state index is 14.1. The van der Waals surface area contributed by atoms with E-state index < -0.39 is 11.9 Å². The third-order valence-electron chi connectivity index (χ3n) is 16.0. The summed E-state index contributed by atoms with van der Waals surface area (Å²) < 4.78 is 34.7. The minimum absolute atomic E-state index is 0.0193. The summed E-state index contributed by atoms with van der Waals surface area (Å²) in [5, 5.41) is 5.82. The first kappa shape index (κ1) is 58.5. The summed E-state index contributed by atoms with van der Waals surface area (Å²) in [4.78, 5) is 74.8. The molecule has 5 aliphatic rings. The molecule has 5 amide bonds. The first-order valence-electron chi connectivity index (χ1n) is 28.4. The lowest BCUT2D eigenvalue weighted by atomic mass is 9.84. The van der Waals surface area contributed by atoms with Crippen LogP contribution in [0.4, 0.5) is 17.1 Å². The van der Waals surface area contributed by atoms with Gasteiger partial charge in [-0.15, -0.1) is 0 Å². The number of methoxy groups -OCH3 is 1. The number of rotatable bonds is 26. The third kappa shape index (κ3) is 14.9. The molecular weight excluding hydrogens is 1040 g/mol. The Bertz CT molecular complexity index is 2770. The Morgan fingerprint density at radius 1 is 0.787 bits per heavy atom. The minimum Gasteiger partial charge on any atom is -0.493 e. The molecule has 2 saturated heterocycles. The van der Waals surface area contributed by atoms with E-state index in [2.05, 4.69) is 56.6 Å². The quantitative estimate of drug-likeness (QED) is 0.0473. The van der Waals surface area contributed by atoms with Gasteiger partial charge in [0, 0.05) is 98.5 Å². The van der Waals surface area contributed by atoms with Crippen LogP contribution in [0.1, 0.15) is 97.4 Å². The van der Waals surface area contributed by atoms with E-state index in [9.17, 15) is 24.0 Å². The van der Waals surface area contributed by atoms with Crippen molar-refractivity contribution in [1.29, 1.82) is 0 Å². The second-order valence-electron chi connectivity index (χ2n) is 21.7. The van der Waals surface area contributed by atoms with Gasteiger partial charge < -0.3 is 48.4 Å². The van der Waals surface area contributed by atoms with Crippen molar-refractivity contribution in [1.82, 2.24) is 20.0 Å². The number of amides is 5. The summed E-state index contributed by atoms with van der Waals surface area (Å²) in [6.07, 6.45) is 5.66. The number of imide groups is 1. The highest BCUT2D eigenvalue weighted by Crippen LogP contribution is 2.44. The second-order valence-corrected chi connectivity index (χ2v) is 22.1. The van der Waals surface area contributed by atoms with E-state index in [1.807, 2.05) is 55.1 Å². The van der Waals surface area contributed by atoms with Crippen LogP contribution in [-0.4, -0.2) is 169 Å².